The number of carbonyl (C=O) groups is 3. The SMILES string of the molecule is COc1ccc(NC(=O)N2CC[C@H](N(C)C)CN3[C@H](CC(=O)c4ccccc4C(N)=O)[C@H](c4ccc(C#Cc5ccccc5)cc4)[C@@H]3C2)cc1. The van der Waals surface area contributed by atoms with E-state index in [1.165, 1.54) is 0 Å². The van der Waals surface area contributed by atoms with Crippen LogP contribution in [-0.4, -0.2) is 91.4 Å². The Morgan fingerprint density at radius 1 is 0.840 bits per heavy atom. The molecule has 0 aromatic heterocycles. The van der Waals surface area contributed by atoms with Gasteiger partial charge in [0.1, 0.15) is 5.75 Å². The summed E-state index contributed by atoms with van der Waals surface area (Å²) in [5.74, 6) is 6.39. The van der Waals surface area contributed by atoms with Crippen molar-refractivity contribution in [2.75, 3.05) is 46.2 Å². The number of benzene rings is 4. The van der Waals surface area contributed by atoms with Crippen molar-refractivity contribution in [1.82, 2.24) is 14.7 Å². The summed E-state index contributed by atoms with van der Waals surface area (Å²) in [4.78, 5) is 46.5. The first-order valence-corrected chi connectivity index (χ1v) is 16.9. The van der Waals surface area contributed by atoms with E-state index in [1.807, 2.05) is 71.6 Å². The summed E-state index contributed by atoms with van der Waals surface area (Å²) >= 11 is 0. The van der Waals surface area contributed by atoms with Crippen molar-refractivity contribution in [3.05, 3.63) is 131 Å². The average molecular weight is 670 g/mol. The predicted molar refractivity (Wildman–Crippen MR) is 195 cm³/mol. The number of amides is 3. The van der Waals surface area contributed by atoms with Gasteiger partial charge < -0.3 is 25.6 Å². The molecule has 0 bridgehead atoms. The maximum absolute atomic E-state index is 13.9. The van der Waals surface area contributed by atoms with Crippen molar-refractivity contribution in [2.45, 2.75) is 36.9 Å². The van der Waals surface area contributed by atoms with Crippen LogP contribution in [0.1, 0.15) is 56.2 Å². The summed E-state index contributed by atoms with van der Waals surface area (Å²) in [6, 6.07) is 31.9. The van der Waals surface area contributed by atoms with E-state index < -0.39 is 5.91 Å². The van der Waals surface area contributed by atoms with Gasteiger partial charge in [0.15, 0.2) is 5.78 Å². The van der Waals surface area contributed by atoms with Gasteiger partial charge >= 0.3 is 6.03 Å². The quantitative estimate of drug-likeness (QED) is 0.190. The van der Waals surface area contributed by atoms with Crippen molar-refractivity contribution in [3.8, 4) is 17.6 Å². The predicted octanol–water partition coefficient (Wildman–Crippen LogP) is 5.47. The third-order valence-electron chi connectivity index (χ3n) is 9.91. The average Bonchev–Trinajstić information content (AvgIpc) is 3.12. The van der Waals surface area contributed by atoms with Crippen LogP contribution in [0.2, 0.25) is 0 Å². The summed E-state index contributed by atoms with van der Waals surface area (Å²) in [5, 5.41) is 3.07. The Balaban J connectivity index is 1.32. The second-order valence-electron chi connectivity index (χ2n) is 13.1. The molecule has 4 atom stereocenters. The van der Waals surface area contributed by atoms with Gasteiger partial charge in [-0.15, -0.1) is 0 Å². The van der Waals surface area contributed by atoms with Gasteiger partial charge in [-0.2, -0.15) is 0 Å². The maximum atomic E-state index is 13.9. The highest BCUT2D eigenvalue weighted by molar-refractivity contribution is 6.07. The Morgan fingerprint density at radius 2 is 1.48 bits per heavy atom. The number of anilines is 1. The fourth-order valence-electron chi connectivity index (χ4n) is 7.13. The summed E-state index contributed by atoms with van der Waals surface area (Å²) in [7, 11) is 5.72. The molecule has 2 aliphatic heterocycles. The second-order valence-corrected chi connectivity index (χ2v) is 13.1. The van der Waals surface area contributed by atoms with E-state index in [2.05, 4.69) is 53.2 Å². The third kappa shape index (κ3) is 7.73. The number of likely N-dealkylation sites (N-methyl/N-ethyl adjacent to an activating group) is 1. The molecule has 4 aromatic rings. The summed E-state index contributed by atoms with van der Waals surface area (Å²) in [6.07, 6.45) is 0.982. The first-order valence-electron chi connectivity index (χ1n) is 16.9. The number of nitrogens with zero attached hydrogens (tertiary/aromatic N) is 3. The van der Waals surface area contributed by atoms with E-state index in [9.17, 15) is 14.4 Å². The van der Waals surface area contributed by atoms with E-state index in [0.717, 1.165) is 29.7 Å². The van der Waals surface area contributed by atoms with Crippen molar-refractivity contribution in [1.29, 1.82) is 0 Å². The lowest BCUT2D eigenvalue weighted by Crippen LogP contribution is -2.69. The molecule has 256 valence electrons. The number of methoxy groups -OCH3 is 1. The molecule has 6 rings (SSSR count). The largest absolute Gasteiger partial charge is 0.497 e. The molecule has 50 heavy (non-hydrogen) atoms. The molecular formula is C41H43N5O4. The summed E-state index contributed by atoms with van der Waals surface area (Å²) < 4.78 is 5.28. The Bertz CT molecular complexity index is 1880. The monoisotopic (exact) mass is 669 g/mol. The van der Waals surface area contributed by atoms with Gasteiger partial charge in [-0.1, -0.05) is 60.4 Å². The lowest BCUT2D eigenvalue weighted by Gasteiger charge is -2.59. The molecule has 0 unspecified atom stereocenters. The minimum Gasteiger partial charge on any atom is -0.497 e. The van der Waals surface area contributed by atoms with Crippen molar-refractivity contribution < 1.29 is 19.1 Å². The van der Waals surface area contributed by atoms with Gasteiger partial charge in [-0.3, -0.25) is 14.5 Å². The number of urea groups is 1. The maximum Gasteiger partial charge on any atom is 0.321 e. The van der Waals surface area contributed by atoms with Gasteiger partial charge in [-0.05, 0) is 80.7 Å². The van der Waals surface area contributed by atoms with Gasteiger partial charge in [0.05, 0.1) is 7.11 Å². The molecule has 9 heteroatoms. The minimum atomic E-state index is -0.623. The molecule has 4 aromatic carbocycles. The first-order chi connectivity index (χ1) is 24.2. The molecule has 0 saturated carbocycles. The van der Waals surface area contributed by atoms with Crippen LogP contribution in [0.3, 0.4) is 0 Å². The smallest absolute Gasteiger partial charge is 0.321 e. The van der Waals surface area contributed by atoms with Gasteiger partial charge in [0, 0.05) is 78.0 Å². The first kappa shape index (κ1) is 34.4. The highest BCUT2D eigenvalue weighted by atomic mass is 16.5. The van der Waals surface area contributed by atoms with Crippen LogP contribution < -0.4 is 15.8 Å². The van der Waals surface area contributed by atoms with Gasteiger partial charge in [0.25, 0.3) is 0 Å². The minimum absolute atomic E-state index is 0.0372. The Labute approximate surface area is 294 Å². The molecule has 9 nitrogen and oxygen atoms in total. The fraction of sp³-hybridized carbons (Fsp3) is 0.293. The number of rotatable bonds is 8. The van der Waals surface area contributed by atoms with Crippen LogP contribution in [0.4, 0.5) is 10.5 Å². The van der Waals surface area contributed by atoms with Crippen LogP contribution in [0.5, 0.6) is 5.75 Å². The highest BCUT2D eigenvalue weighted by Gasteiger charge is 2.51. The van der Waals surface area contributed by atoms with Crippen LogP contribution in [0, 0.1) is 11.8 Å². The zero-order valence-electron chi connectivity index (χ0n) is 28.7. The lowest BCUT2D eigenvalue weighted by molar-refractivity contribution is -0.0523. The molecule has 3 N–H and O–H groups in total. The molecule has 0 radical (unpaired) electrons. The summed E-state index contributed by atoms with van der Waals surface area (Å²) in [6.45, 7) is 1.83. The number of carbonyl (C=O) groups excluding carboxylic acids is 3. The number of ketones is 1. The van der Waals surface area contributed by atoms with E-state index >= 15 is 0 Å². The van der Waals surface area contributed by atoms with Crippen molar-refractivity contribution in [2.24, 2.45) is 5.73 Å². The zero-order chi connectivity index (χ0) is 35.2. The van der Waals surface area contributed by atoms with E-state index in [1.54, 1.807) is 31.4 Å². The van der Waals surface area contributed by atoms with Crippen LogP contribution in [0.15, 0.2) is 103 Å². The molecule has 0 spiro atoms. The number of primary amides is 1. The molecule has 2 saturated heterocycles. The van der Waals surface area contributed by atoms with Crippen molar-refractivity contribution >= 4 is 23.4 Å². The Morgan fingerprint density at radius 3 is 2.12 bits per heavy atom. The van der Waals surface area contributed by atoms with E-state index in [-0.39, 0.29) is 47.8 Å². The van der Waals surface area contributed by atoms with Crippen LogP contribution in [-0.2, 0) is 0 Å². The third-order valence-corrected chi connectivity index (χ3v) is 9.91. The summed E-state index contributed by atoms with van der Waals surface area (Å²) in [5.41, 5.74) is 9.83. The van der Waals surface area contributed by atoms with Crippen molar-refractivity contribution in [3.63, 3.8) is 0 Å². The molecule has 2 fully saturated rings. The van der Waals surface area contributed by atoms with Crippen LogP contribution >= 0.6 is 0 Å². The molecule has 2 aliphatic rings. The highest BCUT2D eigenvalue weighted by Crippen LogP contribution is 2.44. The topological polar surface area (TPSA) is 108 Å². The van der Waals surface area contributed by atoms with E-state index in [4.69, 9.17) is 10.5 Å². The standard InChI is InChI=1S/C41H43N5O4/c1-44(2)32-23-24-45(41(49)43-31-19-21-33(50-3)22-20-31)27-37-39(30-17-15-29(16-18-30)14-13-28-9-5-4-6-10-28)36(46(37)26-32)25-38(47)34-11-7-8-12-35(34)40(42)48/h4-12,15-22,32,36-37,39H,23-27H2,1-3H3,(H2,42,48)(H,43,49)/t32-,36+,37-,39-/m0/s1. The van der Waals surface area contributed by atoms with Gasteiger partial charge in [0.2, 0.25) is 5.91 Å². The number of hydrogen-bond donors (Lipinski definition) is 2. The fourth-order valence-corrected chi connectivity index (χ4v) is 7.13. The molecule has 2 heterocycles. The van der Waals surface area contributed by atoms with Crippen LogP contribution in [0.25, 0.3) is 0 Å². The molecule has 0 aliphatic carbocycles. The molecular weight excluding hydrogens is 626 g/mol. The number of nitrogens with one attached hydrogen (secondary N) is 1. The Kier molecular flexibility index (Phi) is 10.6. The molecule has 3 amide bonds. The number of Topliss-reactive ketones (excluding diaryl/α,β-unsaturated/α-hetero) is 1. The number of hydrogen-bond acceptors (Lipinski definition) is 6. The second kappa shape index (κ2) is 15.4. The van der Waals surface area contributed by atoms with E-state index in [0.29, 0.717) is 30.1 Å². The van der Waals surface area contributed by atoms with Gasteiger partial charge in [-0.25, -0.2) is 4.79 Å². The number of nitrogens with two attached hydrogens (primary N) is 1. The number of ether oxygens (including phenoxy) is 1. The number of fused-ring (bicyclic) bond motifs is 1. The zero-order valence-corrected chi connectivity index (χ0v) is 28.7. The Hall–Kier alpha value is -5.43. The normalized spacial score (nSPS) is 20.3. The lowest BCUT2D eigenvalue weighted by atomic mass is 9.71.